The van der Waals surface area contributed by atoms with E-state index in [1.54, 1.807) is 0 Å². The van der Waals surface area contributed by atoms with Crippen molar-refractivity contribution in [2.45, 2.75) is 130 Å². The Morgan fingerprint density at radius 1 is 0.480 bits per heavy atom. The van der Waals surface area contributed by atoms with E-state index >= 15 is 0 Å². The standard InChI is InChI=1S/C24H51N/c1-5-7-21-25(22-8-6-2)23-19-17-15-13-11-9-10-12-14-16-18-20-24(3)4/h24H,5-23H2,1-4H3. The molecule has 0 aliphatic carbocycles. The summed E-state index contributed by atoms with van der Waals surface area (Å²) in [4.78, 5) is 2.71. The molecule has 0 atom stereocenters. The Morgan fingerprint density at radius 2 is 0.840 bits per heavy atom. The molecule has 0 N–H and O–H groups in total. The first kappa shape index (κ1) is 25.0. The fourth-order valence-corrected chi connectivity index (χ4v) is 3.58. The third-order valence-corrected chi connectivity index (χ3v) is 5.41. The van der Waals surface area contributed by atoms with Crippen LogP contribution in [0.2, 0.25) is 0 Å². The molecule has 0 saturated heterocycles. The number of hydrogen-bond donors (Lipinski definition) is 0. The number of rotatable bonds is 20. The Balaban J connectivity index is 3.30. The third-order valence-electron chi connectivity index (χ3n) is 5.41. The molecule has 1 nitrogen and oxygen atoms in total. The lowest BCUT2D eigenvalue weighted by molar-refractivity contribution is 0.259. The average Bonchev–Trinajstić information content (AvgIpc) is 2.60. The first-order valence-electron chi connectivity index (χ1n) is 11.9. The van der Waals surface area contributed by atoms with Crippen LogP contribution in [0, 0.1) is 5.92 Å². The van der Waals surface area contributed by atoms with Gasteiger partial charge in [-0.05, 0) is 44.8 Å². The summed E-state index contributed by atoms with van der Waals surface area (Å²) in [5.74, 6) is 0.894. The zero-order chi connectivity index (χ0) is 18.6. The Hall–Kier alpha value is -0.0400. The first-order chi connectivity index (χ1) is 12.2. The summed E-state index contributed by atoms with van der Waals surface area (Å²) in [7, 11) is 0. The van der Waals surface area contributed by atoms with Crippen LogP contribution in [0.3, 0.4) is 0 Å². The van der Waals surface area contributed by atoms with Gasteiger partial charge in [-0.15, -0.1) is 0 Å². The van der Waals surface area contributed by atoms with E-state index in [4.69, 9.17) is 0 Å². The van der Waals surface area contributed by atoms with Crippen LogP contribution in [-0.4, -0.2) is 24.5 Å². The van der Waals surface area contributed by atoms with Gasteiger partial charge in [0.05, 0.1) is 0 Å². The fourth-order valence-electron chi connectivity index (χ4n) is 3.58. The van der Waals surface area contributed by atoms with Crippen LogP contribution in [0.5, 0.6) is 0 Å². The summed E-state index contributed by atoms with van der Waals surface area (Å²) in [6.07, 6.45) is 22.9. The van der Waals surface area contributed by atoms with Crippen molar-refractivity contribution >= 4 is 0 Å². The molecule has 0 aliphatic rings. The molecule has 0 unspecified atom stereocenters. The Kier molecular flexibility index (Phi) is 20.2. The molecule has 0 amide bonds. The maximum Gasteiger partial charge on any atom is -0.00187 e. The van der Waals surface area contributed by atoms with E-state index in [2.05, 4.69) is 32.6 Å². The quantitative estimate of drug-likeness (QED) is 0.199. The van der Waals surface area contributed by atoms with E-state index in [1.165, 1.54) is 122 Å². The van der Waals surface area contributed by atoms with Crippen LogP contribution in [0.25, 0.3) is 0 Å². The summed E-state index contributed by atoms with van der Waals surface area (Å²) >= 11 is 0. The third kappa shape index (κ3) is 20.1. The highest BCUT2D eigenvalue weighted by molar-refractivity contribution is 4.58. The molecular weight excluding hydrogens is 302 g/mol. The predicted molar refractivity (Wildman–Crippen MR) is 116 cm³/mol. The second-order valence-corrected chi connectivity index (χ2v) is 8.62. The van der Waals surface area contributed by atoms with E-state index in [0.717, 1.165) is 5.92 Å². The summed E-state index contributed by atoms with van der Waals surface area (Å²) < 4.78 is 0. The van der Waals surface area contributed by atoms with Gasteiger partial charge in [0, 0.05) is 0 Å². The van der Waals surface area contributed by atoms with Crippen molar-refractivity contribution in [3.63, 3.8) is 0 Å². The summed E-state index contributed by atoms with van der Waals surface area (Å²) in [5.41, 5.74) is 0. The number of nitrogens with zero attached hydrogens (tertiary/aromatic N) is 1. The van der Waals surface area contributed by atoms with E-state index in [-0.39, 0.29) is 0 Å². The minimum Gasteiger partial charge on any atom is -0.303 e. The first-order valence-corrected chi connectivity index (χ1v) is 11.9. The zero-order valence-corrected chi connectivity index (χ0v) is 18.5. The summed E-state index contributed by atoms with van der Waals surface area (Å²) in [5, 5.41) is 0. The van der Waals surface area contributed by atoms with Gasteiger partial charge in [-0.2, -0.15) is 0 Å². The molecule has 0 radical (unpaired) electrons. The summed E-state index contributed by atoms with van der Waals surface area (Å²) in [6.45, 7) is 13.3. The SMILES string of the molecule is CCCCN(CCCC)CCCCCCCCCCCCCC(C)C. The van der Waals surface area contributed by atoms with Gasteiger partial charge in [-0.1, -0.05) is 111 Å². The lowest BCUT2D eigenvalue weighted by Crippen LogP contribution is -2.27. The van der Waals surface area contributed by atoms with E-state index in [0.29, 0.717) is 0 Å². The van der Waals surface area contributed by atoms with Gasteiger partial charge in [0.15, 0.2) is 0 Å². The van der Waals surface area contributed by atoms with Gasteiger partial charge in [0.2, 0.25) is 0 Å². The monoisotopic (exact) mass is 353 g/mol. The highest BCUT2D eigenvalue weighted by atomic mass is 15.1. The minimum atomic E-state index is 0.894. The van der Waals surface area contributed by atoms with Crippen molar-refractivity contribution in [3.8, 4) is 0 Å². The molecule has 0 bridgehead atoms. The van der Waals surface area contributed by atoms with E-state index < -0.39 is 0 Å². The molecule has 0 aromatic heterocycles. The molecule has 1 heteroatoms. The Bertz CT molecular complexity index is 228. The highest BCUT2D eigenvalue weighted by Gasteiger charge is 2.03. The molecule has 0 saturated carbocycles. The van der Waals surface area contributed by atoms with Gasteiger partial charge in [-0.3, -0.25) is 0 Å². The molecule has 0 fully saturated rings. The maximum atomic E-state index is 2.71. The Labute approximate surface area is 161 Å². The lowest BCUT2D eigenvalue weighted by Gasteiger charge is -2.21. The van der Waals surface area contributed by atoms with Crippen LogP contribution in [-0.2, 0) is 0 Å². The second-order valence-electron chi connectivity index (χ2n) is 8.62. The molecular formula is C24H51N. The molecule has 0 heterocycles. The van der Waals surface area contributed by atoms with Crippen molar-refractivity contribution in [1.82, 2.24) is 4.90 Å². The molecule has 0 aliphatic heterocycles. The average molecular weight is 354 g/mol. The van der Waals surface area contributed by atoms with Crippen LogP contribution in [0.15, 0.2) is 0 Å². The van der Waals surface area contributed by atoms with Crippen molar-refractivity contribution < 1.29 is 0 Å². The van der Waals surface area contributed by atoms with Crippen molar-refractivity contribution in [2.24, 2.45) is 5.92 Å². The molecule has 0 aromatic rings. The van der Waals surface area contributed by atoms with Crippen LogP contribution >= 0.6 is 0 Å². The van der Waals surface area contributed by atoms with Crippen molar-refractivity contribution in [2.75, 3.05) is 19.6 Å². The molecule has 0 rings (SSSR count). The van der Waals surface area contributed by atoms with E-state index in [1.807, 2.05) is 0 Å². The van der Waals surface area contributed by atoms with Crippen LogP contribution < -0.4 is 0 Å². The fraction of sp³-hybridized carbons (Fsp3) is 1.00. The van der Waals surface area contributed by atoms with Gasteiger partial charge in [-0.25, -0.2) is 0 Å². The number of hydrogen-bond acceptors (Lipinski definition) is 1. The van der Waals surface area contributed by atoms with Crippen LogP contribution in [0.4, 0.5) is 0 Å². The van der Waals surface area contributed by atoms with Gasteiger partial charge in [0.25, 0.3) is 0 Å². The molecule has 25 heavy (non-hydrogen) atoms. The van der Waals surface area contributed by atoms with Gasteiger partial charge >= 0.3 is 0 Å². The van der Waals surface area contributed by atoms with E-state index in [9.17, 15) is 0 Å². The smallest absolute Gasteiger partial charge is 0.00187 e. The summed E-state index contributed by atoms with van der Waals surface area (Å²) in [6, 6.07) is 0. The Morgan fingerprint density at radius 3 is 1.24 bits per heavy atom. The second kappa shape index (κ2) is 20.3. The van der Waals surface area contributed by atoms with Gasteiger partial charge in [0.1, 0.15) is 0 Å². The van der Waals surface area contributed by atoms with Crippen LogP contribution in [0.1, 0.15) is 130 Å². The topological polar surface area (TPSA) is 3.24 Å². The van der Waals surface area contributed by atoms with Crippen molar-refractivity contribution in [1.29, 1.82) is 0 Å². The normalized spacial score (nSPS) is 11.8. The highest BCUT2D eigenvalue weighted by Crippen LogP contribution is 2.14. The van der Waals surface area contributed by atoms with Crippen molar-refractivity contribution in [3.05, 3.63) is 0 Å². The predicted octanol–water partition coefficient (Wildman–Crippen LogP) is 8.23. The largest absolute Gasteiger partial charge is 0.303 e. The minimum absolute atomic E-state index is 0.894. The molecule has 0 aromatic carbocycles. The zero-order valence-electron chi connectivity index (χ0n) is 18.5. The van der Waals surface area contributed by atoms with Gasteiger partial charge < -0.3 is 4.90 Å². The number of unbranched alkanes of at least 4 members (excludes halogenated alkanes) is 12. The maximum absolute atomic E-state index is 2.71. The lowest BCUT2D eigenvalue weighted by atomic mass is 10.0. The molecule has 152 valence electrons. The molecule has 0 spiro atoms.